The number of nitrogens with zero attached hydrogens (tertiary/aromatic N) is 1. The third-order valence-corrected chi connectivity index (χ3v) is 2.35. The highest BCUT2D eigenvalue weighted by Crippen LogP contribution is 2.38. The fourth-order valence-corrected chi connectivity index (χ4v) is 1.53. The van der Waals surface area contributed by atoms with Crippen LogP contribution in [0.1, 0.15) is 21.7 Å². The van der Waals surface area contributed by atoms with Gasteiger partial charge in [0, 0.05) is 0 Å². The zero-order chi connectivity index (χ0) is 16.4. The second-order valence-corrected chi connectivity index (χ2v) is 3.77. The van der Waals surface area contributed by atoms with E-state index in [2.05, 4.69) is 14.5 Å². The first-order chi connectivity index (χ1) is 9.49. The number of halogens is 7. The maximum absolute atomic E-state index is 12.7. The van der Waals surface area contributed by atoms with Crippen molar-refractivity contribution in [3.8, 4) is 5.75 Å². The summed E-state index contributed by atoms with van der Waals surface area (Å²) < 4.78 is 82.0. The van der Waals surface area contributed by atoms with Gasteiger partial charge in [0.25, 0.3) is 0 Å². The van der Waals surface area contributed by atoms with E-state index in [1.807, 2.05) is 0 Å². The molecule has 0 saturated heterocycles. The molecule has 0 aliphatic carbocycles. The molecule has 21 heavy (non-hydrogen) atoms. The molecule has 118 valence electrons. The number of carbonyl (C=O) groups is 1. The molecule has 0 spiro atoms. The maximum Gasteiger partial charge on any atom is 0.573 e. The van der Waals surface area contributed by atoms with Crippen LogP contribution < -0.4 is 4.74 Å². The van der Waals surface area contributed by atoms with E-state index >= 15 is 0 Å². The van der Waals surface area contributed by atoms with Crippen LogP contribution in [0.2, 0.25) is 0 Å². The zero-order valence-corrected chi connectivity index (χ0v) is 10.9. The molecule has 0 N–H and O–H groups in total. The number of esters is 1. The topological polar surface area (TPSA) is 48.4 Å². The van der Waals surface area contributed by atoms with Gasteiger partial charge in [-0.1, -0.05) is 0 Å². The van der Waals surface area contributed by atoms with Crippen molar-refractivity contribution in [2.24, 2.45) is 0 Å². The van der Waals surface area contributed by atoms with Crippen molar-refractivity contribution in [3.63, 3.8) is 0 Å². The zero-order valence-electron chi connectivity index (χ0n) is 10.1. The summed E-state index contributed by atoms with van der Waals surface area (Å²) in [6.45, 7) is 0. The van der Waals surface area contributed by atoms with Gasteiger partial charge in [-0.25, -0.2) is 9.78 Å². The van der Waals surface area contributed by atoms with Crippen LogP contribution in [0, 0.1) is 0 Å². The van der Waals surface area contributed by atoms with E-state index in [1.54, 1.807) is 0 Å². The van der Waals surface area contributed by atoms with Crippen LogP contribution in [0.25, 0.3) is 0 Å². The highest BCUT2D eigenvalue weighted by molar-refractivity contribution is 6.17. The van der Waals surface area contributed by atoms with Gasteiger partial charge in [-0.15, -0.1) is 24.8 Å². The molecule has 0 unspecified atom stereocenters. The number of rotatable bonds is 3. The van der Waals surface area contributed by atoms with Crippen LogP contribution in [0.3, 0.4) is 0 Å². The van der Waals surface area contributed by atoms with Crippen LogP contribution in [-0.2, 0) is 16.8 Å². The van der Waals surface area contributed by atoms with Crippen LogP contribution in [0.15, 0.2) is 6.07 Å². The molecular weight excluding hydrogens is 332 g/mol. The average Bonchev–Trinajstić information content (AvgIpc) is 2.34. The molecule has 0 aromatic carbocycles. The van der Waals surface area contributed by atoms with Gasteiger partial charge in [0.15, 0.2) is 11.4 Å². The second kappa shape index (κ2) is 5.96. The highest BCUT2D eigenvalue weighted by atomic mass is 35.5. The van der Waals surface area contributed by atoms with Gasteiger partial charge >= 0.3 is 18.5 Å². The molecule has 0 fully saturated rings. The Balaban J connectivity index is 3.53. The summed E-state index contributed by atoms with van der Waals surface area (Å²) in [4.78, 5) is 14.3. The predicted octanol–water partition coefficient (Wildman–Crippen LogP) is 3.52. The van der Waals surface area contributed by atoms with Crippen LogP contribution in [0.5, 0.6) is 5.75 Å². The summed E-state index contributed by atoms with van der Waals surface area (Å²) in [7, 11) is 0.891. The number of methoxy groups -OCH3 is 1. The molecule has 0 radical (unpaired) electrons. The van der Waals surface area contributed by atoms with E-state index in [0.29, 0.717) is 0 Å². The Morgan fingerprint density at radius 2 is 1.86 bits per heavy atom. The summed E-state index contributed by atoms with van der Waals surface area (Å²) >= 11 is 5.34. The third kappa shape index (κ3) is 4.38. The highest BCUT2D eigenvalue weighted by Gasteiger charge is 2.42. The van der Waals surface area contributed by atoms with E-state index < -0.39 is 47.1 Å². The average molecular weight is 338 g/mol. The Bertz CT molecular complexity index is 543. The number of hydrogen-bond donors (Lipinski definition) is 0. The van der Waals surface area contributed by atoms with Gasteiger partial charge in [0.1, 0.15) is 0 Å². The molecule has 0 bridgehead atoms. The molecule has 0 amide bonds. The minimum absolute atomic E-state index is 0.243. The van der Waals surface area contributed by atoms with Gasteiger partial charge in [-0.3, -0.25) is 0 Å². The Hall–Kier alpha value is -1.71. The molecule has 0 aliphatic rings. The Labute approximate surface area is 118 Å². The number of pyridine rings is 1. The first-order valence-corrected chi connectivity index (χ1v) is 5.54. The van der Waals surface area contributed by atoms with E-state index in [-0.39, 0.29) is 6.07 Å². The molecule has 4 nitrogen and oxygen atoms in total. The Kier molecular flexibility index (Phi) is 4.92. The normalized spacial score (nSPS) is 12.2. The van der Waals surface area contributed by atoms with Gasteiger partial charge in [-0.2, -0.15) is 13.2 Å². The Morgan fingerprint density at radius 1 is 1.29 bits per heavy atom. The fraction of sp³-hybridized carbons (Fsp3) is 0.400. The van der Waals surface area contributed by atoms with Crippen molar-refractivity contribution in [2.75, 3.05) is 7.11 Å². The smallest absolute Gasteiger partial charge is 0.465 e. The Morgan fingerprint density at radius 3 is 2.24 bits per heavy atom. The van der Waals surface area contributed by atoms with E-state index in [1.165, 1.54) is 0 Å². The summed E-state index contributed by atoms with van der Waals surface area (Å²) in [6, 6.07) is 0.243. The molecule has 0 atom stereocenters. The monoisotopic (exact) mass is 337 g/mol. The van der Waals surface area contributed by atoms with Gasteiger partial charge in [0.2, 0.25) is 0 Å². The van der Waals surface area contributed by atoms with Crippen molar-refractivity contribution in [1.29, 1.82) is 0 Å². The molecule has 1 rings (SSSR count). The van der Waals surface area contributed by atoms with Crippen LogP contribution in [0.4, 0.5) is 26.3 Å². The molecule has 0 saturated carbocycles. The standard InChI is InChI=1S/C10H6ClF6NO3/c1-20-8(19)4-2-6(21-10(15,16)17)7(9(12,13)14)18-5(4)3-11/h2H,3H2,1H3. The number of carbonyl (C=O) groups excluding carboxylic acids is 1. The van der Waals surface area contributed by atoms with E-state index in [4.69, 9.17) is 11.6 Å². The number of aromatic nitrogens is 1. The SMILES string of the molecule is COC(=O)c1cc(OC(F)(F)F)c(C(F)(F)F)nc1CCl. The maximum atomic E-state index is 12.7. The largest absolute Gasteiger partial charge is 0.573 e. The second-order valence-electron chi connectivity index (χ2n) is 3.50. The minimum atomic E-state index is -5.39. The number of alkyl halides is 7. The van der Waals surface area contributed by atoms with Crippen molar-refractivity contribution < 1.29 is 40.6 Å². The molecule has 1 heterocycles. The first kappa shape index (κ1) is 17.3. The lowest BCUT2D eigenvalue weighted by Crippen LogP contribution is -2.22. The molecule has 11 heteroatoms. The lowest BCUT2D eigenvalue weighted by molar-refractivity contribution is -0.276. The van der Waals surface area contributed by atoms with Gasteiger partial charge < -0.3 is 9.47 Å². The molecule has 1 aromatic heterocycles. The lowest BCUT2D eigenvalue weighted by atomic mass is 10.1. The van der Waals surface area contributed by atoms with Gasteiger partial charge in [-0.05, 0) is 6.07 Å². The third-order valence-electron chi connectivity index (χ3n) is 2.09. The van der Waals surface area contributed by atoms with E-state index in [0.717, 1.165) is 7.11 Å². The van der Waals surface area contributed by atoms with E-state index in [9.17, 15) is 31.1 Å². The van der Waals surface area contributed by atoms with Crippen LogP contribution >= 0.6 is 11.6 Å². The molecule has 0 aliphatic heterocycles. The summed E-state index contributed by atoms with van der Waals surface area (Å²) in [5.41, 5.74) is -3.17. The van der Waals surface area contributed by atoms with Crippen molar-refractivity contribution in [1.82, 2.24) is 4.98 Å². The molecule has 1 aromatic rings. The first-order valence-electron chi connectivity index (χ1n) is 5.00. The number of hydrogen-bond acceptors (Lipinski definition) is 4. The van der Waals surface area contributed by atoms with Crippen LogP contribution in [-0.4, -0.2) is 24.4 Å². The predicted molar refractivity (Wildman–Crippen MR) is 56.8 cm³/mol. The summed E-state index contributed by atoms with van der Waals surface area (Å²) in [5, 5.41) is 0. The molecular formula is C10H6ClF6NO3. The van der Waals surface area contributed by atoms with Crippen molar-refractivity contribution in [2.45, 2.75) is 18.4 Å². The fourth-order valence-electron chi connectivity index (χ4n) is 1.33. The van der Waals surface area contributed by atoms with Crippen molar-refractivity contribution in [3.05, 3.63) is 23.0 Å². The number of ether oxygens (including phenoxy) is 2. The van der Waals surface area contributed by atoms with Crippen molar-refractivity contribution >= 4 is 17.6 Å². The summed E-state index contributed by atoms with van der Waals surface area (Å²) in [5.74, 6) is -3.50. The van der Waals surface area contributed by atoms with Gasteiger partial charge in [0.05, 0.1) is 24.2 Å². The quantitative estimate of drug-likeness (QED) is 0.481. The lowest BCUT2D eigenvalue weighted by Gasteiger charge is -2.16. The summed E-state index contributed by atoms with van der Waals surface area (Å²) in [6.07, 6.45) is -10.6. The minimum Gasteiger partial charge on any atom is -0.465 e.